The van der Waals surface area contributed by atoms with E-state index in [1.165, 1.54) is 0 Å². The molecule has 7 atom stereocenters. The highest BCUT2D eigenvalue weighted by Crippen LogP contribution is 2.67. The van der Waals surface area contributed by atoms with Gasteiger partial charge in [0, 0.05) is 24.8 Å². The molecule has 4 rings (SSSR count). The van der Waals surface area contributed by atoms with Crippen molar-refractivity contribution in [3.05, 3.63) is 11.6 Å². The summed E-state index contributed by atoms with van der Waals surface area (Å²) in [5.74, 6) is -0.646. The molecule has 3 N–H and O–H groups in total. The quantitative estimate of drug-likeness (QED) is 0.298. The number of aliphatic hydroxyl groups is 2. The summed E-state index contributed by atoms with van der Waals surface area (Å²) in [6.45, 7) is 9.30. The lowest BCUT2D eigenvalue weighted by Crippen LogP contribution is -2.62. The van der Waals surface area contributed by atoms with Crippen LogP contribution in [-0.4, -0.2) is 64.3 Å². The van der Waals surface area contributed by atoms with Crippen LogP contribution in [-0.2, 0) is 23.9 Å². The topological polar surface area (TPSA) is 139 Å². The number of unbranched alkanes of at least 4 members (excludes halogenated alkanes) is 1. The summed E-state index contributed by atoms with van der Waals surface area (Å²) in [4.78, 5) is 49.5. The Hall–Kier alpha value is -2.26. The van der Waals surface area contributed by atoms with Gasteiger partial charge in [-0.15, -0.1) is 0 Å². The van der Waals surface area contributed by atoms with E-state index in [4.69, 9.17) is 9.47 Å². The molecular weight excluding hydrogens is 514 g/mol. The Kier molecular flexibility index (Phi) is 8.59. The Bertz CT molecular complexity index is 1060. The van der Waals surface area contributed by atoms with Crippen LogP contribution in [0.2, 0.25) is 0 Å². The van der Waals surface area contributed by atoms with Gasteiger partial charge in [-0.25, -0.2) is 4.79 Å². The molecule has 0 aliphatic heterocycles. The molecule has 224 valence electrons. The normalized spacial score (nSPS) is 37.0. The summed E-state index contributed by atoms with van der Waals surface area (Å²) >= 11 is 0. The number of hydrogen-bond acceptors (Lipinski definition) is 8. The second-order valence-corrected chi connectivity index (χ2v) is 13.9. The molecule has 3 fully saturated rings. The Morgan fingerprint density at radius 1 is 1.10 bits per heavy atom. The zero-order chi connectivity index (χ0) is 29.5. The largest absolute Gasteiger partial charge is 0.458 e. The molecule has 9 nitrogen and oxygen atoms in total. The van der Waals surface area contributed by atoms with E-state index in [1.54, 1.807) is 26.8 Å². The molecule has 0 bridgehead atoms. The Morgan fingerprint density at radius 2 is 1.82 bits per heavy atom. The van der Waals surface area contributed by atoms with Crippen molar-refractivity contribution in [3.63, 3.8) is 0 Å². The first-order valence-electron chi connectivity index (χ1n) is 14.9. The maximum Gasteiger partial charge on any atom is 0.407 e. The number of ether oxygens (including phenoxy) is 2. The van der Waals surface area contributed by atoms with Crippen molar-refractivity contribution in [3.8, 4) is 0 Å². The molecule has 3 saturated carbocycles. The molecule has 40 heavy (non-hydrogen) atoms. The second-order valence-electron chi connectivity index (χ2n) is 13.9. The Morgan fingerprint density at radius 3 is 2.52 bits per heavy atom. The van der Waals surface area contributed by atoms with Gasteiger partial charge in [-0.3, -0.25) is 14.4 Å². The lowest BCUT2D eigenvalue weighted by Gasteiger charge is -2.60. The van der Waals surface area contributed by atoms with Gasteiger partial charge in [0.15, 0.2) is 12.4 Å². The van der Waals surface area contributed by atoms with Gasteiger partial charge in [-0.1, -0.05) is 19.4 Å². The molecule has 0 heterocycles. The number of esters is 1. The molecule has 0 unspecified atom stereocenters. The van der Waals surface area contributed by atoms with E-state index in [0.29, 0.717) is 38.6 Å². The smallest absolute Gasteiger partial charge is 0.407 e. The van der Waals surface area contributed by atoms with Gasteiger partial charge >= 0.3 is 12.1 Å². The van der Waals surface area contributed by atoms with Crippen molar-refractivity contribution in [2.75, 3.05) is 13.2 Å². The molecule has 0 radical (unpaired) electrons. The number of aliphatic hydroxyl groups excluding tert-OH is 1. The standard InChI is InChI=1S/C31H47NO8/c1-28(2,3)40-27(37)32-15-7-6-8-25(36)39-18-24(35)31(38)14-12-22-21-10-9-19-16-20(33)11-13-29(19,4)26(21)23(34)17-30(22,31)5/h16,21-23,26,34,38H,6-15,17-18H2,1-5H3,(H,32,37)/t21-,22-,23-,26+,29-,30-,31-/m0/s1. The minimum atomic E-state index is -1.67. The van der Waals surface area contributed by atoms with E-state index in [-0.39, 0.29) is 41.8 Å². The van der Waals surface area contributed by atoms with Crippen LogP contribution in [0, 0.1) is 28.6 Å². The van der Waals surface area contributed by atoms with E-state index >= 15 is 0 Å². The number of nitrogens with one attached hydrogen (secondary N) is 1. The molecular formula is C31H47NO8. The van der Waals surface area contributed by atoms with Crippen molar-refractivity contribution < 1.29 is 38.9 Å². The van der Waals surface area contributed by atoms with Crippen LogP contribution in [0.5, 0.6) is 0 Å². The minimum absolute atomic E-state index is 0.00115. The number of amides is 1. The predicted molar refractivity (Wildman–Crippen MR) is 147 cm³/mol. The van der Waals surface area contributed by atoms with E-state index in [1.807, 2.05) is 6.92 Å². The van der Waals surface area contributed by atoms with Crippen LogP contribution in [0.15, 0.2) is 11.6 Å². The number of Topliss-reactive ketones (excluding diaryl/α,β-unsaturated/α-hetero) is 1. The Balaban J connectivity index is 1.31. The molecule has 0 aromatic carbocycles. The Labute approximate surface area is 237 Å². The summed E-state index contributed by atoms with van der Waals surface area (Å²) in [6.07, 6.45) is 5.85. The van der Waals surface area contributed by atoms with Gasteiger partial charge in [0.05, 0.1) is 6.10 Å². The van der Waals surface area contributed by atoms with Crippen molar-refractivity contribution >= 4 is 23.6 Å². The second kappa shape index (κ2) is 11.2. The van der Waals surface area contributed by atoms with Crippen LogP contribution in [0.4, 0.5) is 4.79 Å². The van der Waals surface area contributed by atoms with Crippen LogP contribution in [0.3, 0.4) is 0 Å². The fourth-order valence-corrected chi connectivity index (χ4v) is 8.39. The van der Waals surface area contributed by atoms with Crippen LogP contribution in [0.1, 0.15) is 98.8 Å². The molecule has 4 aliphatic carbocycles. The molecule has 0 aromatic heterocycles. The number of carbonyl (C=O) groups is 4. The number of hydrogen-bond donors (Lipinski definition) is 3. The lowest BCUT2D eigenvalue weighted by molar-refractivity contribution is -0.184. The fourth-order valence-electron chi connectivity index (χ4n) is 8.39. The van der Waals surface area contributed by atoms with Gasteiger partial charge in [0.1, 0.15) is 11.2 Å². The molecule has 1 amide bonds. The molecule has 4 aliphatic rings. The number of carbonyl (C=O) groups excluding carboxylic acids is 4. The summed E-state index contributed by atoms with van der Waals surface area (Å²) in [5, 5.41) is 25.9. The molecule has 9 heteroatoms. The van der Waals surface area contributed by atoms with Gasteiger partial charge in [-0.2, -0.15) is 0 Å². The third kappa shape index (κ3) is 5.73. The molecule has 0 spiro atoms. The first-order chi connectivity index (χ1) is 18.6. The summed E-state index contributed by atoms with van der Waals surface area (Å²) in [5.41, 5.74) is -2.15. The summed E-state index contributed by atoms with van der Waals surface area (Å²) in [7, 11) is 0. The van der Waals surface area contributed by atoms with Crippen molar-refractivity contribution in [2.24, 2.45) is 28.6 Å². The van der Waals surface area contributed by atoms with E-state index in [2.05, 4.69) is 12.2 Å². The number of alkyl carbamates (subject to hydrolysis) is 1. The van der Waals surface area contributed by atoms with Crippen molar-refractivity contribution in [1.29, 1.82) is 0 Å². The first-order valence-corrected chi connectivity index (χ1v) is 14.9. The van der Waals surface area contributed by atoms with E-state index in [0.717, 1.165) is 24.8 Å². The van der Waals surface area contributed by atoms with Crippen LogP contribution in [0.25, 0.3) is 0 Å². The highest BCUT2D eigenvalue weighted by Gasteiger charge is 2.68. The highest BCUT2D eigenvalue weighted by molar-refractivity contribution is 5.92. The number of fused-ring (bicyclic) bond motifs is 5. The van der Waals surface area contributed by atoms with Gasteiger partial charge in [-0.05, 0) is 101 Å². The number of allylic oxidation sites excluding steroid dienone is 1. The lowest BCUT2D eigenvalue weighted by atomic mass is 9.45. The third-order valence-corrected chi connectivity index (χ3v) is 10.3. The highest BCUT2D eigenvalue weighted by atomic mass is 16.6. The van der Waals surface area contributed by atoms with Crippen molar-refractivity contribution in [2.45, 2.75) is 116 Å². The monoisotopic (exact) mass is 561 g/mol. The van der Waals surface area contributed by atoms with E-state index < -0.39 is 47.2 Å². The zero-order valence-electron chi connectivity index (χ0n) is 24.7. The van der Waals surface area contributed by atoms with E-state index in [9.17, 15) is 29.4 Å². The minimum Gasteiger partial charge on any atom is -0.458 e. The van der Waals surface area contributed by atoms with Crippen LogP contribution >= 0.6 is 0 Å². The number of ketones is 2. The summed E-state index contributed by atoms with van der Waals surface area (Å²) in [6, 6.07) is 0. The number of rotatable bonds is 8. The van der Waals surface area contributed by atoms with Gasteiger partial charge in [0.2, 0.25) is 5.78 Å². The zero-order valence-corrected chi connectivity index (χ0v) is 24.7. The van der Waals surface area contributed by atoms with Gasteiger partial charge in [0.25, 0.3) is 0 Å². The van der Waals surface area contributed by atoms with Crippen molar-refractivity contribution in [1.82, 2.24) is 5.32 Å². The van der Waals surface area contributed by atoms with Gasteiger partial charge < -0.3 is 25.0 Å². The maximum absolute atomic E-state index is 13.4. The SMILES string of the molecule is CC(C)(C)OC(=O)NCCCCC(=O)OCC(=O)[C@@]1(O)CC[C@H]2[C@@H]3CCC4=CC(=O)CC[C@]4(C)[C@H]3[C@@H](O)C[C@@]21C. The molecule has 0 saturated heterocycles. The first kappa shape index (κ1) is 30.7. The molecule has 0 aromatic rings. The average Bonchev–Trinajstić information content (AvgIpc) is 3.12. The fraction of sp³-hybridized carbons (Fsp3) is 0.806. The predicted octanol–water partition coefficient (Wildman–Crippen LogP) is 4.03. The summed E-state index contributed by atoms with van der Waals surface area (Å²) < 4.78 is 10.4. The average molecular weight is 562 g/mol. The third-order valence-electron chi connectivity index (χ3n) is 10.3. The maximum atomic E-state index is 13.4. The van der Waals surface area contributed by atoms with Crippen LogP contribution < -0.4 is 5.32 Å².